The van der Waals surface area contributed by atoms with Crippen LogP contribution in [0.1, 0.15) is 10.4 Å². The van der Waals surface area contributed by atoms with Gasteiger partial charge in [0, 0.05) is 10.9 Å². The molecule has 2 aromatic carbocycles. The fraction of sp³-hybridized carbons (Fsp3) is 0. The Kier molecular flexibility index (Phi) is 4.84. The van der Waals surface area contributed by atoms with Gasteiger partial charge in [0.1, 0.15) is 16.3 Å². The topological polar surface area (TPSA) is 101 Å². The third kappa shape index (κ3) is 3.55. The number of carbonyl (C=O) groups is 1. The predicted molar refractivity (Wildman–Crippen MR) is 95.9 cm³/mol. The van der Waals surface area contributed by atoms with Gasteiger partial charge in [0.05, 0.1) is 17.0 Å². The molecule has 6 nitrogen and oxygen atoms in total. The molecule has 0 aliphatic rings. The van der Waals surface area contributed by atoms with Gasteiger partial charge in [0.15, 0.2) is 0 Å². The molecule has 1 atom stereocenters. The summed E-state index contributed by atoms with van der Waals surface area (Å²) in [6, 6.07) is 16.6. The molecule has 0 spiro atoms. The Labute approximate surface area is 150 Å². The molecule has 0 saturated heterocycles. The molecule has 0 fully saturated rings. The van der Waals surface area contributed by atoms with E-state index in [0.717, 1.165) is 20.8 Å². The average molecular weight is 374 g/mol. The number of thiophene rings is 1. The Morgan fingerprint density at radius 1 is 1.08 bits per heavy atom. The van der Waals surface area contributed by atoms with Crippen LogP contribution in [-0.2, 0) is 11.3 Å². The predicted octanol–water partition coefficient (Wildman–Crippen LogP) is 3.75. The smallest absolute Gasteiger partial charge is 0.339 e. The first-order valence-corrected chi connectivity index (χ1v) is 8.93. The molecule has 0 aliphatic carbocycles. The highest BCUT2D eigenvalue weighted by molar-refractivity contribution is 7.81. The van der Waals surface area contributed by atoms with Gasteiger partial charge in [-0.15, -0.1) is 11.3 Å². The lowest BCUT2D eigenvalue weighted by Gasteiger charge is -2.25. The SMILES string of the molecule is O=C(O)c1ccc(N(c2ccc(-c3ccccc3)s2)S(=O)[O-])cc1O. The van der Waals surface area contributed by atoms with Crippen LogP contribution < -0.4 is 4.31 Å². The molecule has 3 rings (SSSR count). The highest BCUT2D eigenvalue weighted by Crippen LogP contribution is 2.38. The summed E-state index contributed by atoms with van der Waals surface area (Å²) in [5, 5.41) is 19.2. The second-order valence-corrected chi connectivity index (χ2v) is 6.88. The Bertz CT molecular complexity index is 939. The van der Waals surface area contributed by atoms with Crippen LogP contribution in [0.15, 0.2) is 60.7 Å². The van der Waals surface area contributed by atoms with Crippen molar-refractivity contribution in [2.45, 2.75) is 0 Å². The minimum absolute atomic E-state index is 0.150. The summed E-state index contributed by atoms with van der Waals surface area (Å²) in [6.07, 6.45) is 0. The van der Waals surface area contributed by atoms with E-state index in [4.69, 9.17) is 5.11 Å². The van der Waals surface area contributed by atoms with E-state index in [1.165, 1.54) is 23.5 Å². The van der Waals surface area contributed by atoms with E-state index in [1.807, 2.05) is 30.3 Å². The number of hydrogen-bond acceptors (Lipinski definition) is 5. The largest absolute Gasteiger partial charge is 0.755 e. The quantitative estimate of drug-likeness (QED) is 0.662. The van der Waals surface area contributed by atoms with E-state index in [1.54, 1.807) is 12.1 Å². The van der Waals surface area contributed by atoms with Crippen LogP contribution in [0.5, 0.6) is 5.75 Å². The number of carboxylic acids is 1. The van der Waals surface area contributed by atoms with E-state index in [-0.39, 0.29) is 11.3 Å². The standard InChI is InChI=1S/C17H13NO5S2/c19-14-10-12(6-7-13(14)17(20)21)18(25(22)23)16-9-8-15(24-16)11-4-2-1-3-5-11/h1-10,19H,(H,20,21)(H,22,23)/p-1. The molecule has 0 aliphatic heterocycles. The molecule has 3 aromatic rings. The molecule has 0 bridgehead atoms. The maximum atomic E-state index is 11.7. The molecule has 128 valence electrons. The molecule has 0 amide bonds. The summed E-state index contributed by atoms with van der Waals surface area (Å²) >= 11 is -1.37. The zero-order valence-corrected chi connectivity index (χ0v) is 14.3. The first-order valence-electron chi connectivity index (χ1n) is 7.08. The summed E-state index contributed by atoms with van der Waals surface area (Å²) in [5.74, 6) is -1.79. The first-order chi connectivity index (χ1) is 12.0. The molecule has 25 heavy (non-hydrogen) atoms. The molecular weight excluding hydrogens is 362 g/mol. The van der Waals surface area contributed by atoms with Crippen LogP contribution in [-0.4, -0.2) is 24.9 Å². The Morgan fingerprint density at radius 3 is 2.40 bits per heavy atom. The summed E-state index contributed by atoms with van der Waals surface area (Å²) in [4.78, 5) is 11.9. The molecule has 8 heteroatoms. The minimum Gasteiger partial charge on any atom is -0.755 e. The first kappa shape index (κ1) is 17.2. The molecule has 0 radical (unpaired) electrons. The van der Waals surface area contributed by atoms with Gasteiger partial charge >= 0.3 is 5.97 Å². The zero-order chi connectivity index (χ0) is 18.0. The van der Waals surface area contributed by atoms with Crippen LogP contribution >= 0.6 is 11.3 Å². The average Bonchev–Trinajstić information content (AvgIpc) is 3.05. The molecule has 0 saturated carbocycles. The Morgan fingerprint density at radius 2 is 1.80 bits per heavy atom. The fourth-order valence-corrected chi connectivity index (χ4v) is 4.04. The molecule has 1 aromatic heterocycles. The van der Waals surface area contributed by atoms with Crippen molar-refractivity contribution >= 4 is 39.3 Å². The van der Waals surface area contributed by atoms with Crippen LogP contribution in [0.2, 0.25) is 0 Å². The van der Waals surface area contributed by atoms with Crippen molar-refractivity contribution in [3.8, 4) is 16.2 Å². The number of aromatic hydroxyl groups is 1. The van der Waals surface area contributed by atoms with Crippen molar-refractivity contribution in [1.82, 2.24) is 0 Å². The number of anilines is 2. The highest BCUT2D eigenvalue weighted by atomic mass is 32.2. The van der Waals surface area contributed by atoms with Crippen molar-refractivity contribution in [2.24, 2.45) is 0 Å². The van der Waals surface area contributed by atoms with E-state index in [2.05, 4.69) is 0 Å². The van der Waals surface area contributed by atoms with Gasteiger partial charge in [-0.2, -0.15) is 0 Å². The maximum absolute atomic E-state index is 11.7. The molecule has 1 heterocycles. The van der Waals surface area contributed by atoms with Gasteiger partial charge in [-0.1, -0.05) is 30.3 Å². The zero-order valence-electron chi connectivity index (χ0n) is 12.7. The number of carboxylic acid groups (broad SMARTS) is 1. The Balaban J connectivity index is 2.00. The van der Waals surface area contributed by atoms with Gasteiger partial charge in [-0.25, -0.2) is 4.79 Å². The van der Waals surface area contributed by atoms with Crippen molar-refractivity contribution in [3.63, 3.8) is 0 Å². The third-order valence-electron chi connectivity index (χ3n) is 3.45. The summed E-state index contributed by atoms with van der Waals surface area (Å²) < 4.78 is 24.4. The van der Waals surface area contributed by atoms with Crippen LogP contribution in [0.3, 0.4) is 0 Å². The lowest BCUT2D eigenvalue weighted by molar-refractivity contribution is 0.0694. The summed E-state index contributed by atoms with van der Waals surface area (Å²) in [6.45, 7) is 0. The summed E-state index contributed by atoms with van der Waals surface area (Å²) in [5.41, 5.74) is 0.813. The Hall–Kier alpha value is -2.68. The van der Waals surface area contributed by atoms with Gasteiger partial charge < -0.3 is 14.8 Å². The number of nitrogens with zero attached hydrogens (tertiary/aromatic N) is 1. The molecule has 1 unspecified atom stereocenters. The number of phenols is 1. The van der Waals surface area contributed by atoms with Crippen molar-refractivity contribution < 1.29 is 23.8 Å². The van der Waals surface area contributed by atoms with Crippen LogP contribution in [0.4, 0.5) is 10.7 Å². The van der Waals surface area contributed by atoms with E-state index < -0.39 is 23.0 Å². The van der Waals surface area contributed by atoms with Gasteiger partial charge in [-0.3, -0.25) is 8.51 Å². The van der Waals surface area contributed by atoms with Gasteiger partial charge in [-0.05, 0) is 29.8 Å². The fourth-order valence-electron chi connectivity index (χ4n) is 2.31. The van der Waals surface area contributed by atoms with E-state index >= 15 is 0 Å². The number of rotatable bonds is 5. The summed E-state index contributed by atoms with van der Waals surface area (Å²) in [7, 11) is 0. The second-order valence-electron chi connectivity index (χ2n) is 5.02. The van der Waals surface area contributed by atoms with Gasteiger partial charge in [0.2, 0.25) is 0 Å². The highest BCUT2D eigenvalue weighted by Gasteiger charge is 2.17. The number of hydrogen-bond donors (Lipinski definition) is 2. The van der Waals surface area contributed by atoms with E-state index in [0.29, 0.717) is 5.00 Å². The monoisotopic (exact) mass is 374 g/mol. The van der Waals surface area contributed by atoms with E-state index in [9.17, 15) is 18.7 Å². The number of aromatic carboxylic acids is 1. The van der Waals surface area contributed by atoms with Crippen LogP contribution in [0, 0.1) is 0 Å². The van der Waals surface area contributed by atoms with Crippen LogP contribution in [0.25, 0.3) is 10.4 Å². The normalized spacial score (nSPS) is 11.9. The lowest BCUT2D eigenvalue weighted by Crippen LogP contribution is -2.18. The van der Waals surface area contributed by atoms with Crippen molar-refractivity contribution in [3.05, 3.63) is 66.2 Å². The molecular formula is C17H12NO5S2-. The lowest BCUT2D eigenvalue weighted by atomic mass is 10.2. The van der Waals surface area contributed by atoms with Gasteiger partial charge in [0.25, 0.3) is 0 Å². The second kappa shape index (κ2) is 7.06. The maximum Gasteiger partial charge on any atom is 0.339 e. The number of benzene rings is 2. The third-order valence-corrected chi connectivity index (χ3v) is 5.39. The van der Waals surface area contributed by atoms with Crippen molar-refractivity contribution in [1.29, 1.82) is 0 Å². The minimum atomic E-state index is -2.64. The molecule has 2 N–H and O–H groups in total. The van der Waals surface area contributed by atoms with Crippen molar-refractivity contribution in [2.75, 3.05) is 4.31 Å².